The highest BCUT2D eigenvalue weighted by molar-refractivity contribution is 8.00. The molecule has 0 unspecified atom stereocenters. The number of benzene rings is 2. The normalized spacial score (nSPS) is 16.8. The van der Waals surface area contributed by atoms with Gasteiger partial charge in [0, 0.05) is 17.8 Å². The van der Waals surface area contributed by atoms with E-state index in [9.17, 15) is 9.59 Å². The van der Waals surface area contributed by atoms with Crippen molar-refractivity contribution in [3.05, 3.63) is 59.7 Å². The Labute approximate surface area is 159 Å². The summed E-state index contributed by atoms with van der Waals surface area (Å²) < 4.78 is 0. The lowest BCUT2D eigenvalue weighted by atomic mass is 10.1. The zero-order valence-corrected chi connectivity index (χ0v) is 16.0. The molecule has 3 rings (SSSR count). The molecule has 1 N–H and O–H groups in total. The second kappa shape index (κ2) is 8.41. The predicted molar refractivity (Wildman–Crippen MR) is 108 cm³/mol. The number of hydrogen-bond donors (Lipinski definition) is 1. The smallest absolute Gasteiger partial charge is 0.238 e. The summed E-state index contributed by atoms with van der Waals surface area (Å²) in [5.41, 5.74) is 3.96. The quantitative estimate of drug-likeness (QED) is 0.789. The maximum absolute atomic E-state index is 12.4. The molecular weight excluding hydrogens is 344 g/mol. The van der Waals surface area contributed by atoms with E-state index in [2.05, 4.69) is 12.2 Å². The molecule has 1 saturated heterocycles. The standard InChI is InChI=1S/C21H24N2O2S/c1-3-4-5-19(24)22-17-10-8-16(9-11-17)21-23(20(25)14-26-21)18-12-6-15(2)7-13-18/h6-13,21H,3-5,14H2,1-2H3,(H,22,24)/t21-/m1/s1. The van der Waals surface area contributed by atoms with Gasteiger partial charge in [0.15, 0.2) is 0 Å². The summed E-state index contributed by atoms with van der Waals surface area (Å²) in [4.78, 5) is 26.1. The van der Waals surface area contributed by atoms with Crippen LogP contribution in [0.3, 0.4) is 0 Å². The molecule has 1 atom stereocenters. The van der Waals surface area contributed by atoms with Gasteiger partial charge in [-0.25, -0.2) is 0 Å². The summed E-state index contributed by atoms with van der Waals surface area (Å²) in [5.74, 6) is 0.653. The van der Waals surface area contributed by atoms with Gasteiger partial charge in [-0.15, -0.1) is 11.8 Å². The van der Waals surface area contributed by atoms with Crippen molar-refractivity contribution >= 4 is 35.0 Å². The van der Waals surface area contributed by atoms with E-state index in [0.29, 0.717) is 12.2 Å². The van der Waals surface area contributed by atoms with Gasteiger partial charge in [0.25, 0.3) is 0 Å². The number of nitrogens with zero attached hydrogens (tertiary/aromatic N) is 1. The van der Waals surface area contributed by atoms with Gasteiger partial charge in [-0.1, -0.05) is 43.2 Å². The maximum Gasteiger partial charge on any atom is 0.238 e. The van der Waals surface area contributed by atoms with Crippen molar-refractivity contribution in [1.82, 2.24) is 0 Å². The third kappa shape index (κ3) is 4.28. The molecule has 26 heavy (non-hydrogen) atoms. The van der Waals surface area contributed by atoms with Crippen molar-refractivity contribution in [2.75, 3.05) is 16.0 Å². The number of carbonyl (C=O) groups is 2. The summed E-state index contributed by atoms with van der Waals surface area (Å²) in [7, 11) is 0. The van der Waals surface area contributed by atoms with Gasteiger partial charge in [0.2, 0.25) is 11.8 Å². The first kappa shape index (κ1) is 18.5. The number of hydrogen-bond acceptors (Lipinski definition) is 3. The van der Waals surface area contributed by atoms with Crippen molar-refractivity contribution < 1.29 is 9.59 Å². The molecule has 0 radical (unpaired) electrons. The molecule has 2 amide bonds. The van der Waals surface area contributed by atoms with E-state index in [-0.39, 0.29) is 17.2 Å². The van der Waals surface area contributed by atoms with Crippen LogP contribution in [0.4, 0.5) is 11.4 Å². The highest BCUT2D eigenvalue weighted by atomic mass is 32.2. The molecule has 1 aliphatic heterocycles. The van der Waals surface area contributed by atoms with Crippen LogP contribution in [0.2, 0.25) is 0 Å². The van der Waals surface area contributed by atoms with Crippen LogP contribution in [0.5, 0.6) is 0 Å². The SMILES string of the molecule is CCCCC(=O)Nc1ccc([C@H]2SCC(=O)N2c2ccc(C)cc2)cc1. The zero-order chi connectivity index (χ0) is 18.5. The van der Waals surface area contributed by atoms with Crippen LogP contribution < -0.4 is 10.2 Å². The van der Waals surface area contributed by atoms with E-state index in [1.807, 2.05) is 60.4 Å². The van der Waals surface area contributed by atoms with E-state index in [1.54, 1.807) is 11.8 Å². The highest BCUT2D eigenvalue weighted by Gasteiger charge is 2.33. The molecule has 2 aromatic rings. The molecule has 0 spiro atoms. The number of thioether (sulfide) groups is 1. The van der Waals surface area contributed by atoms with Crippen molar-refractivity contribution in [3.8, 4) is 0 Å². The molecule has 0 saturated carbocycles. The highest BCUT2D eigenvalue weighted by Crippen LogP contribution is 2.41. The summed E-state index contributed by atoms with van der Waals surface area (Å²) in [5, 5.41) is 2.89. The Morgan fingerprint density at radius 3 is 2.50 bits per heavy atom. The largest absolute Gasteiger partial charge is 0.326 e. The Kier molecular flexibility index (Phi) is 5.99. The number of amides is 2. The number of rotatable bonds is 6. The topological polar surface area (TPSA) is 49.4 Å². The summed E-state index contributed by atoms with van der Waals surface area (Å²) in [6.07, 6.45) is 2.46. The monoisotopic (exact) mass is 368 g/mol. The first-order valence-electron chi connectivity index (χ1n) is 8.98. The maximum atomic E-state index is 12.4. The fourth-order valence-electron chi connectivity index (χ4n) is 2.95. The predicted octanol–water partition coefficient (Wildman–Crippen LogP) is 4.90. The van der Waals surface area contributed by atoms with Gasteiger partial charge in [0.05, 0.1) is 5.75 Å². The Hall–Kier alpha value is -2.27. The van der Waals surface area contributed by atoms with Gasteiger partial charge in [-0.3, -0.25) is 14.5 Å². The van der Waals surface area contributed by atoms with Crippen LogP contribution in [0.15, 0.2) is 48.5 Å². The minimum atomic E-state index is -0.0324. The number of unbranched alkanes of at least 4 members (excludes halogenated alkanes) is 1. The Morgan fingerprint density at radius 1 is 1.15 bits per heavy atom. The molecule has 1 aliphatic rings. The average molecular weight is 369 g/mol. The molecule has 5 heteroatoms. The summed E-state index contributed by atoms with van der Waals surface area (Å²) >= 11 is 1.63. The lowest BCUT2D eigenvalue weighted by Crippen LogP contribution is -2.27. The van der Waals surface area contributed by atoms with Gasteiger partial charge < -0.3 is 5.32 Å². The molecule has 2 aromatic carbocycles. The minimum absolute atomic E-state index is 0.0324. The lowest BCUT2D eigenvalue weighted by Gasteiger charge is -2.24. The van der Waals surface area contributed by atoms with E-state index < -0.39 is 0 Å². The van der Waals surface area contributed by atoms with E-state index >= 15 is 0 Å². The second-order valence-corrected chi connectivity index (χ2v) is 7.60. The molecule has 0 aliphatic carbocycles. The second-order valence-electron chi connectivity index (χ2n) is 6.54. The molecule has 1 heterocycles. The van der Waals surface area contributed by atoms with Crippen LogP contribution in [-0.4, -0.2) is 17.6 Å². The first-order valence-corrected chi connectivity index (χ1v) is 10.0. The lowest BCUT2D eigenvalue weighted by molar-refractivity contribution is -0.116. The van der Waals surface area contributed by atoms with Crippen LogP contribution in [0, 0.1) is 6.92 Å². The van der Waals surface area contributed by atoms with Crippen LogP contribution >= 0.6 is 11.8 Å². The number of carbonyl (C=O) groups excluding carboxylic acids is 2. The van der Waals surface area contributed by atoms with Crippen molar-refractivity contribution in [1.29, 1.82) is 0 Å². The van der Waals surface area contributed by atoms with Crippen molar-refractivity contribution in [2.45, 2.75) is 38.5 Å². The molecule has 4 nitrogen and oxygen atoms in total. The van der Waals surface area contributed by atoms with Gasteiger partial charge in [0.1, 0.15) is 5.37 Å². The zero-order valence-electron chi connectivity index (χ0n) is 15.2. The first-order chi connectivity index (χ1) is 12.6. The summed E-state index contributed by atoms with van der Waals surface area (Å²) in [6, 6.07) is 15.9. The third-order valence-electron chi connectivity index (χ3n) is 4.42. The van der Waals surface area contributed by atoms with Crippen LogP contribution in [-0.2, 0) is 9.59 Å². The molecular formula is C21H24N2O2S. The number of nitrogens with one attached hydrogen (secondary N) is 1. The molecule has 136 valence electrons. The van der Waals surface area contributed by atoms with Crippen molar-refractivity contribution in [3.63, 3.8) is 0 Å². The van der Waals surface area contributed by atoms with E-state index in [4.69, 9.17) is 0 Å². The molecule has 0 aromatic heterocycles. The van der Waals surface area contributed by atoms with E-state index in [0.717, 1.165) is 29.8 Å². The van der Waals surface area contributed by atoms with Crippen molar-refractivity contribution in [2.24, 2.45) is 0 Å². The van der Waals surface area contributed by atoms with Crippen LogP contribution in [0.25, 0.3) is 0 Å². The average Bonchev–Trinajstić information content (AvgIpc) is 3.03. The third-order valence-corrected chi connectivity index (χ3v) is 5.63. The van der Waals surface area contributed by atoms with Gasteiger partial charge in [-0.05, 0) is 43.2 Å². The number of anilines is 2. The fraction of sp³-hybridized carbons (Fsp3) is 0.333. The fourth-order valence-corrected chi connectivity index (χ4v) is 4.12. The van der Waals surface area contributed by atoms with Gasteiger partial charge >= 0.3 is 0 Å². The van der Waals surface area contributed by atoms with Gasteiger partial charge in [-0.2, -0.15) is 0 Å². The molecule has 1 fully saturated rings. The Balaban J connectivity index is 1.74. The Morgan fingerprint density at radius 2 is 1.85 bits per heavy atom. The van der Waals surface area contributed by atoms with Crippen LogP contribution in [0.1, 0.15) is 42.7 Å². The Bertz CT molecular complexity index is 772. The summed E-state index contributed by atoms with van der Waals surface area (Å²) in [6.45, 7) is 4.11. The minimum Gasteiger partial charge on any atom is -0.326 e. The molecule has 0 bridgehead atoms. The number of aryl methyl sites for hydroxylation is 1. The van der Waals surface area contributed by atoms with E-state index in [1.165, 1.54) is 5.56 Å².